The highest BCUT2D eigenvalue weighted by Gasteiger charge is 2.38. The molecule has 5 nitrogen and oxygen atoms in total. The highest BCUT2D eigenvalue weighted by atomic mass is 35.5. The van der Waals surface area contributed by atoms with E-state index < -0.39 is 12.0 Å². The summed E-state index contributed by atoms with van der Waals surface area (Å²) >= 11 is 5.36. The average Bonchev–Trinajstić information content (AvgIpc) is 3.17. The van der Waals surface area contributed by atoms with E-state index in [4.69, 9.17) is 22.1 Å². The fraction of sp³-hybridized carbons (Fsp3) is 0.385. The van der Waals surface area contributed by atoms with E-state index in [1.165, 1.54) is 0 Å². The number of nitrogen functional groups attached to an aromatic ring is 1. The molecule has 2 rings (SSSR count). The number of halogens is 1. The third-order valence-electron chi connectivity index (χ3n) is 3.03. The van der Waals surface area contributed by atoms with E-state index in [1.54, 1.807) is 18.2 Å². The first-order chi connectivity index (χ1) is 9.04. The summed E-state index contributed by atoms with van der Waals surface area (Å²) in [5.41, 5.74) is 7.56. The zero-order valence-electron chi connectivity index (χ0n) is 10.6. The Bertz CT molecular complexity index is 515. The van der Waals surface area contributed by atoms with Crippen LogP contribution in [0.15, 0.2) is 18.2 Å². The van der Waals surface area contributed by atoms with Crippen molar-refractivity contribution < 1.29 is 14.3 Å². The summed E-state index contributed by atoms with van der Waals surface area (Å²) in [7, 11) is 0. The Morgan fingerprint density at radius 3 is 2.68 bits per heavy atom. The van der Waals surface area contributed by atoms with Crippen LogP contribution >= 0.6 is 11.6 Å². The number of nitrogens with zero attached hydrogens (tertiary/aromatic N) is 1. The van der Waals surface area contributed by atoms with E-state index in [2.05, 4.69) is 0 Å². The van der Waals surface area contributed by atoms with Gasteiger partial charge in [0.1, 0.15) is 0 Å². The molecule has 0 bridgehead atoms. The molecule has 1 aromatic rings. The maximum atomic E-state index is 12.3. The van der Waals surface area contributed by atoms with Gasteiger partial charge in [0.25, 0.3) is 5.91 Å². The van der Waals surface area contributed by atoms with Gasteiger partial charge in [0.15, 0.2) is 6.07 Å². The lowest BCUT2D eigenvalue weighted by molar-refractivity contribution is 0.0682. The van der Waals surface area contributed by atoms with Gasteiger partial charge in [-0.05, 0) is 37.5 Å². The topological polar surface area (TPSA) is 72.6 Å². The van der Waals surface area contributed by atoms with E-state index >= 15 is 0 Å². The first-order valence-electron chi connectivity index (χ1n) is 5.97. The lowest BCUT2D eigenvalue weighted by Gasteiger charge is -2.19. The Morgan fingerprint density at radius 1 is 1.47 bits per heavy atom. The molecule has 1 aliphatic rings. The number of benzene rings is 1. The van der Waals surface area contributed by atoms with Crippen molar-refractivity contribution in [3.63, 3.8) is 0 Å². The minimum absolute atomic E-state index is 0.0919. The number of nitrogens with two attached hydrogens (primary N) is 1. The van der Waals surface area contributed by atoms with Crippen LogP contribution in [0, 0.1) is 6.92 Å². The SMILES string of the molecule is Cc1ccc(C(=O)N(C(=O)OCCl)C2CC2)cc1N. The molecular formula is C13H15ClN2O3. The molecule has 102 valence electrons. The van der Waals surface area contributed by atoms with E-state index in [0.29, 0.717) is 11.3 Å². The molecule has 6 heteroatoms. The predicted molar refractivity (Wildman–Crippen MR) is 72.0 cm³/mol. The van der Waals surface area contributed by atoms with Gasteiger partial charge in [0, 0.05) is 17.3 Å². The average molecular weight is 283 g/mol. The Kier molecular flexibility index (Phi) is 3.95. The van der Waals surface area contributed by atoms with Crippen molar-refractivity contribution in [2.24, 2.45) is 0 Å². The van der Waals surface area contributed by atoms with Crippen LogP contribution in [-0.2, 0) is 4.74 Å². The molecule has 0 spiro atoms. The maximum absolute atomic E-state index is 12.3. The number of hydrogen-bond donors (Lipinski definition) is 1. The second-order valence-electron chi connectivity index (χ2n) is 4.50. The monoisotopic (exact) mass is 282 g/mol. The quantitative estimate of drug-likeness (QED) is 0.683. The van der Waals surface area contributed by atoms with Gasteiger partial charge < -0.3 is 10.5 Å². The highest BCUT2D eigenvalue weighted by Crippen LogP contribution is 2.29. The molecular weight excluding hydrogens is 268 g/mol. The number of aryl methyl sites for hydroxylation is 1. The van der Waals surface area contributed by atoms with Gasteiger partial charge in [-0.1, -0.05) is 17.7 Å². The fourth-order valence-corrected chi connectivity index (χ4v) is 1.85. The maximum Gasteiger partial charge on any atom is 0.418 e. The number of rotatable bonds is 3. The van der Waals surface area contributed by atoms with Crippen molar-refractivity contribution >= 4 is 29.3 Å². The summed E-state index contributed by atoms with van der Waals surface area (Å²) in [5, 5.41) is 0. The van der Waals surface area contributed by atoms with Crippen LogP contribution < -0.4 is 5.73 Å². The molecule has 0 radical (unpaired) electrons. The second kappa shape index (κ2) is 5.48. The Hall–Kier alpha value is -1.75. The van der Waals surface area contributed by atoms with Crippen LogP contribution in [0.2, 0.25) is 0 Å². The van der Waals surface area contributed by atoms with Gasteiger partial charge in [0.05, 0.1) is 0 Å². The van der Waals surface area contributed by atoms with Gasteiger partial charge in [-0.25, -0.2) is 9.69 Å². The number of amides is 2. The Morgan fingerprint density at radius 2 is 2.16 bits per heavy atom. The van der Waals surface area contributed by atoms with Gasteiger partial charge in [-0.3, -0.25) is 4.79 Å². The zero-order chi connectivity index (χ0) is 14.0. The number of imide groups is 1. The number of carbonyl (C=O) groups is 2. The number of ether oxygens (including phenoxy) is 1. The third kappa shape index (κ3) is 2.98. The summed E-state index contributed by atoms with van der Waals surface area (Å²) in [5.74, 6) is -0.399. The minimum Gasteiger partial charge on any atom is -0.433 e. The van der Waals surface area contributed by atoms with Gasteiger partial charge in [-0.2, -0.15) is 0 Å². The molecule has 0 atom stereocenters. The molecule has 1 saturated carbocycles. The van der Waals surface area contributed by atoms with E-state index in [-0.39, 0.29) is 12.1 Å². The number of hydrogen-bond acceptors (Lipinski definition) is 4. The number of carbonyl (C=O) groups excluding carboxylic acids is 2. The molecule has 1 fully saturated rings. The molecule has 2 N–H and O–H groups in total. The highest BCUT2D eigenvalue weighted by molar-refractivity contribution is 6.17. The first kappa shape index (κ1) is 13.7. The molecule has 1 aromatic carbocycles. The summed E-state index contributed by atoms with van der Waals surface area (Å²) in [4.78, 5) is 25.2. The fourth-order valence-electron chi connectivity index (χ4n) is 1.76. The molecule has 0 heterocycles. The number of anilines is 1. The van der Waals surface area contributed by atoms with E-state index in [1.807, 2.05) is 6.92 Å². The Labute approximate surface area is 116 Å². The molecule has 0 saturated heterocycles. The zero-order valence-corrected chi connectivity index (χ0v) is 11.3. The first-order valence-corrected chi connectivity index (χ1v) is 6.50. The predicted octanol–water partition coefficient (Wildman–Crippen LogP) is 2.51. The largest absolute Gasteiger partial charge is 0.433 e. The summed E-state index contributed by atoms with van der Waals surface area (Å²) in [6.45, 7) is 1.85. The van der Waals surface area contributed by atoms with Crippen LogP contribution in [0.5, 0.6) is 0 Å². The van der Waals surface area contributed by atoms with E-state index in [0.717, 1.165) is 23.3 Å². The van der Waals surface area contributed by atoms with Crippen molar-refractivity contribution in [2.45, 2.75) is 25.8 Å². The number of alkyl halides is 1. The minimum atomic E-state index is -0.707. The molecule has 0 aliphatic heterocycles. The molecule has 2 amide bonds. The third-order valence-corrected chi connectivity index (χ3v) is 3.14. The van der Waals surface area contributed by atoms with Crippen molar-refractivity contribution in [1.29, 1.82) is 0 Å². The molecule has 19 heavy (non-hydrogen) atoms. The summed E-state index contributed by atoms with van der Waals surface area (Å²) in [6.07, 6.45) is 0.885. The molecule has 0 unspecified atom stereocenters. The standard InChI is InChI=1S/C13H15ClN2O3/c1-8-2-3-9(6-11(8)15)12(17)16(10-4-5-10)13(18)19-7-14/h2-3,6,10H,4-5,7,15H2,1H3. The van der Waals surface area contributed by atoms with Gasteiger partial charge in [-0.15, -0.1) is 0 Å². The van der Waals surface area contributed by atoms with Crippen molar-refractivity contribution in [3.8, 4) is 0 Å². The summed E-state index contributed by atoms with van der Waals surface area (Å²) in [6, 6.07) is 4.61. The van der Waals surface area contributed by atoms with Gasteiger partial charge in [0.2, 0.25) is 0 Å². The molecule has 0 aromatic heterocycles. The lowest BCUT2D eigenvalue weighted by atomic mass is 10.1. The lowest BCUT2D eigenvalue weighted by Crippen LogP contribution is -2.39. The van der Waals surface area contributed by atoms with Crippen molar-refractivity contribution in [3.05, 3.63) is 29.3 Å². The van der Waals surface area contributed by atoms with E-state index in [9.17, 15) is 9.59 Å². The van der Waals surface area contributed by atoms with Crippen LogP contribution in [0.25, 0.3) is 0 Å². The second-order valence-corrected chi connectivity index (χ2v) is 4.72. The Balaban J connectivity index is 2.23. The smallest absolute Gasteiger partial charge is 0.418 e. The summed E-state index contributed by atoms with van der Waals surface area (Å²) < 4.78 is 4.70. The van der Waals surface area contributed by atoms with Crippen molar-refractivity contribution in [1.82, 2.24) is 4.90 Å². The van der Waals surface area contributed by atoms with Crippen LogP contribution in [-0.4, -0.2) is 29.0 Å². The van der Waals surface area contributed by atoms with Crippen molar-refractivity contribution in [2.75, 3.05) is 11.8 Å². The van der Waals surface area contributed by atoms with Crippen LogP contribution in [0.3, 0.4) is 0 Å². The molecule has 1 aliphatic carbocycles. The normalized spacial score (nSPS) is 14.0. The van der Waals surface area contributed by atoms with Crippen LogP contribution in [0.1, 0.15) is 28.8 Å². The van der Waals surface area contributed by atoms with Gasteiger partial charge >= 0.3 is 6.09 Å². The van der Waals surface area contributed by atoms with Crippen LogP contribution in [0.4, 0.5) is 10.5 Å².